The molecule has 6 nitrogen and oxygen atoms in total. The Balaban J connectivity index is 1.55. The highest BCUT2D eigenvalue weighted by molar-refractivity contribution is 7.10. The number of nitrogens with one attached hydrogen (secondary N) is 3. The zero-order chi connectivity index (χ0) is 18.4. The van der Waals surface area contributed by atoms with Crippen molar-refractivity contribution in [3.63, 3.8) is 0 Å². The molecule has 3 rings (SSSR count). The van der Waals surface area contributed by atoms with E-state index in [1.54, 1.807) is 6.20 Å². The second-order valence-electron chi connectivity index (χ2n) is 5.92. The molecule has 3 aromatic rings. The average molecular weight is 368 g/mol. The van der Waals surface area contributed by atoms with E-state index >= 15 is 0 Å². The minimum atomic E-state index is -0.296. The Kier molecular flexibility index (Phi) is 5.80. The fraction of sp³-hybridized carbons (Fsp3) is 0.211. The van der Waals surface area contributed by atoms with E-state index in [4.69, 9.17) is 0 Å². The van der Waals surface area contributed by atoms with Crippen molar-refractivity contribution in [2.24, 2.45) is 0 Å². The van der Waals surface area contributed by atoms with Gasteiger partial charge in [-0.3, -0.25) is 14.7 Å². The number of thiophene rings is 1. The van der Waals surface area contributed by atoms with E-state index in [-0.39, 0.29) is 24.3 Å². The van der Waals surface area contributed by atoms with Crippen molar-refractivity contribution < 1.29 is 9.59 Å². The standard InChI is InChI=1S/C19H20N4O2S/c1-13(24)22-17(18-3-2-10-26-18)11-19(25)20-12-14-4-6-15(7-5-14)16-8-9-21-23-16/h2-10,17H,11-12H2,1H3,(H,20,25)(H,21,23)(H,22,24)/t17-/m1/s1. The van der Waals surface area contributed by atoms with Crippen LogP contribution < -0.4 is 10.6 Å². The summed E-state index contributed by atoms with van der Waals surface area (Å²) in [5, 5.41) is 14.5. The lowest BCUT2D eigenvalue weighted by Crippen LogP contribution is -2.32. The van der Waals surface area contributed by atoms with Gasteiger partial charge in [0, 0.05) is 24.5 Å². The first kappa shape index (κ1) is 17.9. The Morgan fingerprint density at radius 1 is 1.19 bits per heavy atom. The van der Waals surface area contributed by atoms with Gasteiger partial charge in [0.15, 0.2) is 0 Å². The van der Waals surface area contributed by atoms with Crippen LogP contribution in [0.5, 0.6) is 0 Å². The summed E-state index contributed by atoms with van der Waals surface area (Å²) in [7, 11) is 0. The van der Waals surface area contributed by atoms with Crippen LogP contribution in [0.4, 0.5) is 0 Å². The van der Waals surface area contributed by atoms with E-state index in [1.807, 2.05) is 47.8 Å². The molecule has 3 N–H and O–H groups in total. The number of benzene rings is 1. The number of hydrogen-bond acceptors (Lipinski definition) is 4. The Morgan fingerprint density at radius 3 is 2.62 bits per heavy atom. The van der Waals surface area contributed by atoms with Gasteiger partial charge in [-0.1, -0.05) is 30.3 Å². The monoisotopic (exact) mass is 368 g/mol. The van der Waals surface area contributed by atoms with Gasteiger partial charge in [0.2, 0.25) is 11.8 Å². The number of nitrogens with zero attached hydrogens (tertiary/aromatic N) is 1. The second-order valence-corrected chi connectivity index (χ2v) is 6.90. The van der Waals surface area contributed by atoms with E-state index in [0.29, 0.717) is 6.54 Å². The van der Waals surface area contributed by atoms with Crippen LogP contribution in [0.3, 0.4) is 0 Å². The van der Waals surface area contributed by atoms with Crippen LogP contribution in [-0.4, -0.2) is 22.0 Å². The number of aromatic amines is 1. The minimum absolute atomic E-state index is 0.102. The van der Waals surface area contributed by atoms with Crippen LogP contribution in [0.15, 0.2) is 54.0 Å². The number of amides is 2. The smallest absolute Gasteiger partial charge is 0.222 e. The van der Waals surface area contributed by atoms with Gasteiger partial charge in [-0.05, 0) is 28.6 Å². The summed E-state index contributed by atoms with van der Waals surface area (Å²) in [5.41, 5.74) is 3.00. The quantitative estimate of drug-likeness (QED) is 0.599. The highest BCUT2D eigenvalue weighted by Gasteiger charge is 2.17. The predicted octanol–water partition coefficient (Wildman–Crippen LogP) is 3.02. The van der Waals surface area contributed by atoms with E-state index < -0.39 is 0 Å². The fourth-order valence-electron chi connectivity index (χ4n) is 2.63. The van der Waals surface area contributed by atoms with Crippen molar-refractivity contribution in [3.8, 4) is 11.3 Å². The van der Waals surface area contributed by atoms with Crippen molar-refractivity contribution in [1.82, 2.24) is 20.8 Å². The van der Waals surface area contributed by atoms with E-state index in [2.05, 4.69) is 20.8 Å². The predicted molar refractivity (Wildman–Crippen MR) is 101 cm³/mol. The maximum Gasteiger partial charge on any atom is 0.222 e. The van der Waals surface area contributed by atoms with Crippen LogP contribution in [0, 0.1) is 0 Å². The average Bonchev–Trinajstić information content (AvgIpc) is 3.33. The number of rotatable bonds is 7. The third-order valence-corrected chi connectivity index (χ3v) is 4.89. The molecule has 0 saturated carbocycles. The van der Waals surface area contributed by atoms with Gasteiger partial charge in [0.1, 0.15) is 0 Å². The van der Waals surface area contributed by atoms with Gasteiger partial charge < -0.3 is 10.6 Å². The highest BCUT2D eigenvalue weighted by atomic mass is 32.1. The molecule has 2 heterocycles. The van der Waals surface area contributed by atoms with Crippen molar-refractivity contribution in [2.75, 3.05) is 0 Å². The second kappa shape index (κ2) is 8.44. The van der Waals surface area contributed by atoms with Gasteiger partial charge in [-0.15, -0.1) is 11.3 Å². The number of carbonyl (C=O) groups excluding carboxylic acids is 2. The first-order valence-electron chi connectivity index (χ1n) is 8.27. The normalized spacial score (nSPS) is 11.7. The molecule has 0 aliphatic heterocycles. The van der Waals surface area contributed by atoms with E-state index in [1.165, 1.54) is 18.3 Å². The van der Waals surface area contributed by atoms with Crippen molar-refractivity contribution >= 4 is 23.2 Å². The SMILES string of the molecule is CC(=O)N[C@H](CC(=O)NCc1ccc(-c2ccn[nH]2)cc1)c1cccs1. The summed E-state index contributed by atoms with van der Waals surface area (Å²) >= 11 is 1.53. The largest absolute Gasteiger partial charge is 0.352 e. The molecule has 2 amide bonds. The first-order chi connectivity index (χ1) is 12.6. The number of carbonyl (C=O) groups is 2. The Hall–Kier alpha value is -2.93. The molecule has 7 heteroatoms. The highest BCUT2D eigenvalue weighted by Crippen LogP contribution is 2.22. The summed E-state index contributed by atoms with van der Waals surface area (Å²) in [5.74, 6) is -0.250. The molecule has 0 spiro atoms. The summed E-state index contributed by atoms with van der Waals surface area (Å²) < 4.78 is 0. The van der Waals surface area contributed by atoms with Gasteiger partial charge in [0.05, 0.1) is 18.2 Å². The molecule has 1 aromatic carbocycles. The minimum Gasteiger partial charge on any atom is -0.352 e. The maximum absolute atomic E-state index is 12.3. The first-order valence-corrected chi connectivity index (χ1v) is 9.15. The maximum atomic E-state index is 12.3. The lowest BCUT2D eigenvalue weighted by Gasteiger charge is -2.16. The summed E-state index contributed by atoms with van der Waals surface area (Å²) in [4.78, 5) is 24.7. The van der Waals surface area contributed by atoms with E-state index in [9.17, 15) is 9.59 Å². The molecule has 0 aliphatic rings. The van der Waals surface area contributed by atoms with Gasteiger partial charge in [-0.25, -0.2) is 0 Å². The molecule has 1 atom stereocenters. The van der Waals surface area contributed by atoms with Gasteiger partial charge >= 0.3 is 0 Å². The third-order valence-electron chi connectivity index (χ3n) is 3.91. The van der Waals surface area contributed by atoms with Gasteiger partial charge in [-0.2, -0.15) is 5.10 Å². The summed E-state index contributed by atoms with van der Waals surface area (Å²) in [6, 6.07) is 13.4. The lowest BCUT2D eigenvalue weighted by molar-refractivity contribution is -0.122. The molecule has 0 fully saturated rings. The Morgan fingerprint density at radius 2 is 2.00 bits per heavy atom. The van der Waals surface area contributed by atoms with Crippen molar-refractivity contribution in [2.45, 2.75) is 25.9 Å². The molecule has 26 heavy (non-hydrogen) atoms. The molecule has 134 valence electrons. The third kappa shape index (κ3) is 4.80. The molecular weight excluding hydrogens is 348 g/mol. The Labute approximate surface area is 155 Å². The molecule has 2 aromatic heterocycles. The summed E-state index contributed by atoms with van der Waals surface area (Å²) in [6.45, 7) is 1.90. The van der Waals surface area contributed by atoms with Crippen LogP contribution in [0.2, 0.25) is 0 Å². The molecule has 0 saturated heterocycles. The number of aromatic nitrogens is 2. The van der Waals surface area contributed by atoms with Crippen LogP contribution in [-0.2, 0) is 16.1 Å². The zero-order valence-corrected chi connectivity index (χ0v) is 15.2. The van der Waals surface area contributed by atoms with Gasteiger partial charge in [0.25, 0.3) is 0 Å². The van der Waals surface area contributed by atoms with Crippen LogP contribution >= 0.6 is 11.3 Å². The molecular formula is C19H20N4O2S. The van der Waals surface area contributed by atoms with Crippen LogP contribution in [0.25, 0.3) is 11.3 Å². The zero-order valence-electron chi connectivity index (χ0n) is 14.4. The molecule has 0 unspecified atom stereocenters. The van der Waals surface area contributed by atoms with Crippen molar-refractivity contribution in [1.29, 1.82) is 0 Å². The summed E-state index contributed by atoms with van der Waals surface area (Å²) in [6.07, 6.45) is 1.93. The van der Waals surface area contributed by atoms with Crippen molar-refractivity contribution in [3.05, 3.63) is 64.5 Å². The van der Waals surface area contributed by atoms with Crippen LogP contribution in [0.1, 0.15) is 29.8 Å². The topological polar surface area (TPSA) is 86.9 Å². The molecule has 0 aliphatic carbocycles. The number of H-pyrrole nitrogens is 1. The molecule has 0 bridgehead atoms. The number of hydrogen-bond donors (Lipinski definition) is 3. The Bertz CT molecular complexity index is 842. The fourth-order valence-corrected chi connectivity index (χ4v) is 3.41. The molecule has 0 radical (unpaired) electrons. The lowest BCUT2D eigenvalue weighted by atomic mass is 10.1. The van der Waals surface area contributed by atoms with E-state index in [0.717, 1.165) is 21.7 Å².